The second kappa shape index (κ2) is 8.98. The molecule has 1 aromatic carbocycles. The number of benzene rings is 1. The van der Waals surface area contributed by atoms with E-state index in [9.17, 15) is 0 Å². The summed E-state index contributed by atoms with van der Waals surface area (Å²) >= 11 is 0. The lowest BCUT2D eigenvalue weighted by atomic mass is 9.97. The van der Waals surface area contributed by atoms with E-state index < -0.39 is 0 Å². The molecule has 0 spiro atoms. The van der Waals surface area contributed by atoms with Gasteiger partial charge in [-0.15, -0.1) is 0 Å². The first-order chi connectivity index (χ1) is 9.88. The standard InChI is InChI=1S/C17H28N2O/c1-2-12-19(15-16-8-10-18-11-9-16)13-14-20-17-6-4-3-5-7-17/h3-7,16,18H,2,8-15H2,1H3. The van der Waals surface area contributed by atoms with Crippen LogP contribution in [0.5, 0.6) is 5.75 Å². The quantitative estimate of drug-likeness (QED) is 0.790. The molecule has 0 aromatic heterocycles. The molecule has 3 nitrogen and oxygen atoms in total. The van der Waals surface area contributed by atoms with E-state index in [4.69, 9.17) is 4.74 Å². The number of hydrogen-bond acceptors (Lipinski definition) is 3. The largest absolute Gasteiger partial charge is 0.492 e. The van der Waals surface area contributed by atoms with Crippen molar-refractivity contribution in [3.05, 3.63) is 30.3 Å². The smallest absolute Gasteiger partial charge is 0.119 e. The molecule has 112 valence electrons. The highest BCUT2D eigenvalue weighted by Crippen LogP contribution is 2.14. The number of rotatable bonds is 8. The molecule has 1 heterocycles. The van der Waals surface area contributed by atoms with Crippen LogP contribution in [-0.4, -0.2) is 44.2 Å². The highest BCUT2D eigenvalue weighted by molar-refractivity contribution is 5.20. The lowest BCUT2D eigenvalue weighted by molar-refractivity contribution is 0.171. The van der Waals surface area contributed by atoms with Crippen LogP contribution in [0.3, 0.4) is 0 Å². The van der Waals surface area contributed by atoms with Gasteiger partial charge in [0, 0.05) is 13.1 Å². The molecule has 0 amide bonds. The summed E-state index contributed by atoms with van der Waals surface area (Å²) in [6.07, 6.45) is 3.86. The second-order valence-electron chi connectivity index (χ2n) is 5.66. The molecule has 1 aliphatic heterocycles. The third-order valence-corrected chi connectivity index (χ3v) is 3.93. The molecule has 0 aliphatic carbocycles. The fraction of sp³-hybridized carbons (Fsp3) is 0.647. The monoisotopic (exact) mass is 276 g/mol. The van der Waals surface area contributed by atoms with Crippen LogP contribution in [0.2, 0.25) is 0 Å². The number of hydrogen-bond donors (Lipinski definition) is 1. The molecule has 1 aromatic rings. The van der Waals surface area contributed by atoms with E-state index in [1.807, 2.05) is 30.3 Å². The Kier molecular flexibility index (Phi) is 6.89. The average molecular weight is 276 g/mol. The van der Waals surface area contributed by atoms with Crippen molar-refractivity contribution in [1.82, 2.24) is 10.2 Å². The fourth-order valence-electron chi connectivity index (χ4n) is 2.85. The van der Waals surface area contributed by atoms with Gasteiger partial charge in [0.1, 0.15) is 12.4 Å². The minimum atomic E-state index is 0.787. The van der Waals surface area contributed by atoms with E-state index in [-0.39, 0.29) is 0 Å². The van der Waals surface area contributed by atoms with Gasteiger partial charge in [-0.2, -0.15) is 0 Å². The Balaban J connectivity index is 1.71. The highest BCUT2D eigenvalue weighted by atomic mass is 16.5. The maximum Gasteiger partial charge on any atom is 0.119 e. The summed E-state index contributed by atoms with van der Waals surface area (Å²) < 4.78 is 5.82. The molecule has 2 rings (SSSR count). The van der Waals surface area contributed by atoms with E-state index in [1.54, 1.807) is 0 Å². The Morgan fingerprint density at radius 1 is 1.15 bits per heavy atom. The lowest BCUT2D eigenvalue weighted by Gasteiger charge is -2.29. The Hall–Kier alpha value is -1.06. The molecular formula is C17H28N2O. The van der Waals surface area contributed by atoms with Gasteiger partial charge in [0.2, 0.25) is 0 Å². The molecule has 0 atom stereocenters. The summed E-state index contributed by atoms with van der Waals surface area (Å²) in [7, 11) is 0. The third-order valence-electron chi connectivity index (χ3n) is 3.93. The van der Waals surface area contributed by atoms with Crippen molar-refractivity contribution in [3.8, 4) is 5.75 Å². The number of ether oxygens (including phenoxy) is 1. The van der Waals surface area contributed by atoms with Crippen LogP contribution in [0.1, 0.15) is 26.2 Å². The summed E-state index contributed by atoms with van der Waals surface area (Å²) in [5.74, 6) is 1.84. The van der Waals surface area contributed by atoms with Crippen molar-refractivity contribution in [2.45, 2.75) is 26.2 Å². The Bertz CT molecular complexity index is 349. The van der Waals surface area contributed by atoms with Crippen LogP contribution < -0.4 is 10.1 Å². The first-order valence-electron chi connectivity index (χ1n) is 7.99. The molecular weight excluding hydrogens is 248 g/mol. The van der Waals surface area contributed by atoms with Gasteiger partial charge in [0.15, 0.2) is 0 Å². The fourth-order valence-corrected chi connectivity index (χ4v) is 2.85. The normalized spacial score (nSPS) is 16.5. The molecule has 0 bridgehead atoms. The zero-order chi connectivity index (χ0) is 14.0. The molecule has 1 aliphatic rings. The molecule has 3 heteroatoms. The van der Waals surface area contributed by atoms with Crippen LogP contribution >= 0.6 is 0 Å². The van der Waals surface area contributed by atoms with Crippen molar-refractivity contribution < 1.29 is 4.74 Å². The maximum atomic E-state index is 5.82. The van der Waals surface area contributed by atoms with Gasteiger partial charge < -0.3 is 10.1 Å². The molecule has 0 radical (unpaired) electrons. The molecule has 1 fully saturated rings. The van der Waals surface area contributed by atoms with E-state index >= 15 is 0 Å². The molecule has 0 saturated carbocycles. The van der Waals surface area contributed by atoms with Gasteiger partial charge in [-0.05, 0) is 56.9 Å². The highest BCUT2D eigenvalue weighted by Gasteiger charge is 2.16. The number of nitrogens with one attached hydrogen (secondary N) is 1. The van der Waals surface area contributed by atoms with Gasteiger partial charge in [-0.25, -0.2) is 0 Å². The number of para-hydroxylation sites is 1. The first kappa shape index (κ1) is 15.3. The Morgan fingerprint density at radius 2 is 1.90 bits per heavy atom. The van der Waals surface area contributed by atoms with Gasteiger partial charge in [-0.3, -0.25) is 4.90 Å². The van der Waals surface area contributed by atoms with Crippen LogP contribution in [0.15, 0.2) is 30.3 Å². The maximum absolute atomic E-state index is 5.82. The van der Waals surface area contributed by atoms with E-state index in [1.165, 1.54) is 45.4 Å². The lowest BCUT2D eigenvalue weighted by Crippen LogP contribution is -2.38. The van der Waals surface area contributed by atoms with Gasteiger partial charge >= 0.3 is 0 Å². The van der Waals surface area contributed by atoms with Crippen molar-refractivity contribution in [2.24, 2.45) is 5.92 Å². The van der Waals surface area contributed by atoms with Crippen molar-refractivity contribution in [2.75, 3.05) is 39.3 Å². The Morgan fingerprint density at radius 3 is 2.60 bits per heavy atom. The Labute approximate surface area is 123 Å². The molecule has 0 unspecified atom stereocenters. The zero-order valence-electron chi connectivity index (χ0n) is 12.7. The molecule has 1 saturated heterocycles. The predicted octanol–water partition coefficient (Wildman–Crippen LogP) is 2.78. The summed E-state index contributed by atoms with van der Waals surface area (Å²) in [5, 5.41) is 3.44. The number of piperidine rings is 1. The van der Waals surface area contributed by atoms with E-state index in [0.29, 0.717) is 0 Å². The van der Waals surface area contributed by atoms with Gasteiger partial charge in [-0.1, -0.05) is 25.1 Å². The van der Waals surface area contributed by atoms with E-state index in [0.717, 1.165) is 24.8 Å². The van der Waals surface area contributed by atoms with Crippen molar-refractivity contribution in [1.29, 1.82) is 0 Å². The minimum absolute atomic E-state index is 0.787. The van der Waals surface area contributed by atoms with E-state index in [2.05, 4.69) is 17.1 Å². The third kappa shape index (κ3) is 5.51. The molecule has 1 N–H and O–H groups in total. The summed E-state index contributed by atoms with van der Waals surface area (Å²) in [4.78, 5) is 2.57. The van der Waals surface area contributed by atoms with Crippen LogP contribution in [0.4, 0.5) is 0 Å². The SMILES string of the molecule is CCCN(CCOc1ccccc1)CC1CCNCC1. The molecule has 20 heavy (non-hydrogen) atoms. The van der Waals surface area contributed by atoms with Crippen molar-refractivity contribution in [3.63, 3.8) is 0 Å². The average Bonchev–Trinajstić information content (AvgIpc) is 2.49. The van der Waals surface area contributed by atoms with Crippen LogP contribution in [0, 0.1) is 5.92 Å². The van der Waals surface area contributed by atoms with Crippen LogP contribution in [-0.2, 0) is 0 Å². The van der Waals surface area contributed by atoms with Crippen molar-refractivity contribution >= 4 is 0 Å². The first-order valence-corrected chi connectivity index (χ1v) is 7.99. The second-order valence-corrected chi connectivity index (χ2v) is 5.66. The van der Waals surface area contributed by atoms with Crippen LogP contribution in [0.25, 0.3) is 0 Å². The van der Waals surface area contributed by atoms with Gasteiger partial charge in [0.25, 0.3) is 0 Å². The summed E-state index contributed by atoms with van der Waals surface area (Å²) in [6.45, 7) is 8.86. The summed E-state index contributed by atoms with van der Waals surface area (Å²) in [5.41, 5.74) is 0. The topological polar surface area (TPSA) is 24.5 Å². The predicted molar refractivity (Wildman–Crippen MR) is 84.3 cm³/mol. The summed E-state index contributed by atoms with van der Waals surface area (Å²) in [6, 6.07) is 10.1. The van der Waals surface area contributed by atoms with Gasteiger partial charge in [0.05, 0.1) is 0 Å². The minimum Gasteiger partial charge on any atom is -0.492 e. The zero-order valence-corrected chi connectivity index (χ0v) is 12.7. The number of nitrogens with zero attached hydrogens (tertiary/aromatic N) is 1.